The van der Waals surface area contributed by atoms with Crippen LogP contribution in [0.1, 0.15) is 29.0 Å². The van der Waals surface area contributed by atoms with Gasteiger partial charge in [-0.05, 0) is 54.8 Å². The van der Waals surface area contributed by atoms with Crippen LogP contribution in [0.2, 0.25) is 0 Å². The van der Waals surface area contributed by atoms with Gasteiger partial charge in [-0.25, -0.2) is 4.39 Å². The maximum atomic E-state index is 12.9. The van der Waals surface area contributed by atoms with Gasteiger partial charge in [0.05, 0.1) is 18.6 Å². The molecule has 2 aromatic rings. The summed E-state index contributed by atoms with van der Waals surface area (Å²) < 4.78 is 18.6. The van der Waals surface area contributed by atoms with Crippen LogP contribution < -0.4 is 4.74 Å². The molecule has 0 N–H and O–H groups in total. The number of aryl methyl sites for hydroxylation is 2. The molecule has 1 unspecified atom stereocenters. The molecular weight excluding hydrogens is 265 g/mol. The monoisotopic (exact) mass is 283 g/mol. The van der Waals surface area contributed by atoms with Crippen LogP contribution in [-0.4, -0.2) is 6.61 Å². The lowest BCUT2D eigenvalue weighted by atomic mass is 9.98. The highest BCUT2D eigenvalue weighted by molar-refractivity contribution is 5.33. The largest absolute Gasteiger partial charge is 0.494 e. The van der Waals surface area contributed by atoms with Crippen LogP contribution in [-0.2, 0) is 0 Å². The van der Waals surface area contributed by atoms with Gasteiger partial charge in [-0.1, -0.05) is 18.2 Å². The maximum Gasteiger partial charge on any atom is 0.123 e. The maximum absolute atomic E-state index is 12.9. The first-order chi connectivity index (χ1) is 10.1. The Balaban J connectivity index is 1.93. The molecule has 0 spiro atoms. The summed E-state index contributed by atoms with van der Waals surface area (Å²) in [5.41, 5.74) is 3.23. The lowest BCUT2D eigenvalue weighted by Crippen LogP contribution is -2.05. The molecule has 21 heavy (non-hydrogen) atoms. The molecule has 0 fully saturated rings. The van der Waals surface area contributed by atoms with Crippen molar-refractivity contribution in [1.29, 1.82) is 5.26 Å². The molecule has 0 saturated heterocycles. The van der Waals surface area contributed by atoms with Crippen molar-refractivity contribution in [2.45, 2.75) is 26.2 Å². The Labute approximate surface area is 124 Å². The van der Waals surface area contributed by atoms with E-state index in [-0.39, 0.29) is 11.7 Å². The highest BCUT2D eigenvalue weighted by Gasteiger charge is 2.11. The fourth-order valence-electron chi connectivity index (χ4n) is 2.10. The second-order valence-electron chi connectivity index (χ2n) is 5.12. The number of hydrogen-bond acceptors (Lipinski definition) is 2. The van der Waals surface area contributed by atoms with Gasteiger partial charge in [0.25, 0.3) is 0 Å². The second-order valence-corrected chi connectivity index (χ2v) is 5.12. The van der Waals surface area contributed by atoms with Gasteiger partial charge in [-0.3, -0.25) is 0 Å². The number of ether oxygens (including phenoxy) is 1. The standard InChI is InChI=1S/C18H18FNO/c1-13-3-8-18(11-14(13)2)21-10-9-16(12-20)15-4-6-17(19)7-5-15/h3-8,11,16H,9-10H2,1-2H3. The van der Waals surface area contributed by atoms with E-state index in [1.165, 1.54) is 23.3 Å². The summed E-state index contributed by atoms with van der Waals surface area (Å²) in [5.74, 6) is 0.243. The Morgan fingerprint density at radius 1 is 1.10 bits per heavy atom. The van der Waals surface area contributed by atoms with Crippen molar-refractivity contribution in [2.24, 2.45) is 0 Å². The van der Waals surface area contributed by atoms with Crippen molar-refractivity contribution < 1.29 is 9.13 Å². The van der Waals surface area contributed by atoms with Gasteiger partial charge in [0, 0.05) is 6.42 Å². The van der Waals surface area contributed by atoms with Gasteiger partial charge in [0.15, 0.2) is 0 Å². The third kappa shape index (κ3) is 4.06. The van der Waals surface area contributed by atoms with Crippen LogP contribution >= 0.6 is 0 Å². The quantitative estimate of drug-likeness (QED) is 0.808. The second kappa shape index (κ2) is 6.90. The third-order valence-corrected chi connectivity index (χ3v) is 3.58. The molecule has 2 nitrogen and oxygen atoms in total. The lowest BCUT2D eigenvalue weighted by Gasteiger charge is -2.12. The molecule has 0 radical (unpaired) electrons. The zero-order valence-electron chi connectivity index (χ0n) is 12.3. The fraction of sp³-hybridized carbons (Fsp3) is 0.278. The van der Waals surface area contributed by atoms with Crippen LogP contribution in [0.3, 0.4) is 0 Å². The van der Waals surface area contributed by atoms with Crippen molar-refractivity contribution in [3.05, 3.63) is 65.0 Å². The highest BCUT2D eigenvalue weighted by atomic mass is 19.1. The average molecular weight is 283 g/mol. The van der Waals surface area contributed by atoms with Gasteiger partial charge in [-0.2, -0.15) is 5.26 Å². The van der Waals surface area contributed by atoms with Crippen LogP contribution in [0.15, 0.2) is 42.5 Å². The topological polar surface area (TPSA) is 33.0 Å². The molecule has 0 amide bonds. The molecule has 0 aromatic heterocycles. The minimum absolute atomic E-state index is 0.280. The number of rotatable bonds is 5. The van der Waals surface area contributed by atoms with Crippen molar-refractivity contribution >= 4 is 0 Å². The average Bonchev–Trinajstić information content (AvgIpc) is 2.48. The van der Waals surface area contributed by atoms with Gasteiger partial charge >= 0.3 is 0 Å². The number of hydrogen-bond donors (Lipinski definition) is 0. The molecule has 3 heteroatoms. The van der Waals surface area contributed by atoms with Crippen molar-refractivity contribution in [1.82, 2.24) is 0 Å². The van der Waals surface area contributed by atoms with Crippen LogP contribution in [0, 0.1) is 31.0 Å². The Hall–Kier alpha value is -2.34. The van der Waals surface area contributed by atoms with E-state index in [0.717, 1.165) is 11.3 Å². The number of nitrogens with zero attached hydrogens (tertiary/aromatic N) is 1. The summed E-state index contributed by atoms with van der Waals surface area (Å²) >= 11 is 0. The molecular formula is C18H18FNO. The first-order valence-electron chi connectivity index (χ1n) is 6.95. The van der Waals surface area contributed by atoms with Crippen LogP contribution in [0.5, 0.6) is 5.75 Å². The van der Waals surface area contributed by atoms with Crippen molar-refractivity contribution in [3.63, 3.8) is 0 Å². The van der Waals surface area contributed by atoms with E-state index in [4.69, 9.17) is 4.74 Å². The molecule has 2 aromatic carbocycles. The van der Waals surface area contributed by atoms with E-state index in [2.05, 4.69) is 13.0 Å². The van der Waals surface area contributed by atoms with E-state index in [1.54, 1.807) is 12.1 Å². The third-order valence-electron chi connectivity index (χ3n) is 3.58. The fourth-order valence-corrected chi connectivity index (χ4v) is 2.10. The zero-order valence-corrected chi connectivity index (χ0v) is 12.3. The van der Waals surface area contributed by atoms with E-state index in [0.29, 0.717) is 13.0 Å². The summed E-state index contributed by atoms with van der Waals surface area (Å²) in [5, 5.41) is 9.23. The Morgan fingerprint density at radius 3 is 2.43 bits per heavy atom. The van der Waals surface area contributed by atoms with E-state index in [1.807, 2.05) is 25.1 Å². The van der Waals surface area contributed by atoms with E-state index < -0.39 is 0 Å². The Morgan fingerprint density at radius 2 is 1.81 bits per heavy atom. The molecule has 0 heterocycles. The SMILES string of the molecule is Cc1ccc(OCCC(C#N)c2ccc(F)cc2)cc1C. The number of benzene rings is 2. The predicted molar refractivity (Wildman–Crippen MR) is 80.8 cm³/mol. The number of nitriles is 1. The van der Waals surface area contributed by atoms with Crippen molar-refractivity contribution in [2.75, 3.05) is 6.61 Å². The molecule has 0 aliphatic heterocycles. The first kappa shape index (κ1) is 15.1. The summed E-state index contributed by atoms with van der Waals surface area (Å²) in [6.07, 6.45) is 0.578. The molecule has 0 saturated carbocycles. The van der Waals surface area contributed by atoms with Gasteiger partial charge in [0.1, 0.15) is 11.6 Å². The Kier molecular flexibility index (Phi) is 4.94. The van der Waals surface area contributed by atoms with Gasteiger partial charge in [0.2, 0.25) is 0 Å². The van der Waals surface area contributed by atoms with Crippen molar-refractivity contribution in [3.8, 4) is 11.8 Å². The summed E-state index contributed by atoms with van der Waals surface area (Å²) in [4.78, 5) is 0. The minimum atomic E-state index is -0.290. The summed E-state index contributed by atoms with van der Waals surface area (Å²) in [7, 11) is 0. The lowest BCUT2D eigenvalue weighted by molar-refractivity contribution is 0.305. The highest BCUT2D eigenvalue weighted by Crippen LogP contribution is 2.21. The molecule has 1 atom stereocenters. The zero-order chi connectivity index (χ0) is 15.2. The first-order valence-corrected chi connectivity index (χ1v) is 6.95. The Bertz CT molecular complexity index is 643. The summed E-state index contributed by atoms with van der Waals surface area (Å²) in [6, 6.07) is 14.3. The number of halogens is 1. The van der Waals surface area contributed by atoms with Gasteiger partial charge in [-0.15, -0.1) is 0 Å². The van der Waals surface area contributed by atoms with E-state index >= 15 is 0 Å². The normalized spacial score (nSPS) is 11.7. The molecule has 0 bridgehead atoms. The molecule has 0 aliphatic carbocycles. The minimum Gasteiger partial charge on any atom is -0.494 e. The predicted octanol–water partition coefficient (Wildman–Crippen LogP) is 4.52. The molecule has 2 rings (SSSR count). The molecule has 0 aliphatic rings. The van der Waals surface area contributed by atoms with E-state index in [9.17, 15) is 9.65 Å². The van der Waals surface area contributed by atoms with Crippen LogP contribution in [0.4, 0.5) is 4.39 Å². The molecule has 108 valence electrons. The summed E-state index contributed by atoms with van der Waals surface area (Å²) in [6.45, 7) is 4.55. The van der Waals surface area contributed by atoms with Crippen LogP contribution in [0.25, 0.3) is 0 Å². The van der Waals surface area contributed by atoms with Gasteiger partial charge < -0.3 is 4.74 Å². The smallest absolute Gasteiger partial charge is 0.123 e.